The Morgan fingerprint density at radius 2 is 1.95 bits per heavy atom. The standard InChI is InChI=1S/C15H22N2O3/c1-11(18)12-4-5-13(14(10-12)17(19)20)16-8-6-15(2,3)7-9-16/h4-5,10-11,18H,6-9H2,1-3H3/t11-/m0/s1. The molecule has 0 unspecified atom stereocenters. The second kappa shape index (κ2) is 5.40. The predicted molar refractivity (Wildman–Crippen MR) is 79.0 cm³/mol. The van der Waals surface area contributed by atoms with Gasteiger partial charge in [0, 0.05) is 19.2 Å². The molecule has 0 aromatic heterocycles. The van der Waals surface area contributed by atoms with Gasteiger partial charge in [-0.25, -0.2) is 0 Å². The lowest BCUT2D eigenvalue weighted by molar-refractivity contribution is -0.384. The molecule has 5 heteroatoms. The molecule has 0 aliphatic carbocycles. The van der Waals surface area contributed by atoms with Crippen molar-refractivity contribution in [3.8, 4) is 0 Å². The monoisotopic (exact) mass is 278 g/mol. The van der Waals surface area contributed by atoms with E-state index in [2.05, 4.69) is 18.7 Å². The molecule has 1 heterocycles. The third kappa shape index (κ3) is 3.10. The molecule has 0 spiro atoms. The predicted octanol–water partition coefficient (Wildman–Crippen LogP) is 3.27. The molecule has 110 valence electrons. The Kier molecular flexibility index (Phi) is 3.99. The Morgan fingerprint density at radius 3 is 2.45 bits per heavy atom. The van der Waals surface area contributed by atoms with Crippen LogP contribution in [0.4, 0.5) is 11.4 Å². The van der Waals surface area contributed by atoms with Crippen LogP contribution in [0.25, 0.3) is 0 Å². The van der Waals surface area contributed by atoms with E-state index in [1.54, 1.807) is 19.1 Å². The zero-order chi connectivity index (χ0) is 14.9. The Balaban J connectivity index is 2.30. The van der Waals surface area contributed by atoms with Crippen molar-refractivity contribution in [3.05, 3.63) is 33.9 Å². The molecule has 1 fully saturated rings. The Hall–Kier alpha value is -1.62. The fraction of sp³-hybridized carbons (Fsp3) is 0.600. The van der Waals surface area contributed by atoms with Crippen LogP contribution in [-0.4, -0.2) is 23.1 Å². The van der Waals surface area contributed by atoms with Gasteiger partial charge in [-0.2, -0.15) is 0 Å². The molecule has 0 bridgehead atoms. The lowest BCUT2D eigenvalue weighted by Gasteiger charge is -2.38. The van der Waals surface area contributed by atoms with Crippen LogP contribution in [0.2, 0.25) is 0 Å². The number of hydrogen-bond acceptors (Lipinski definition) is 4. The maximum atomic E-state index is 11.3. The lowest BCUT2D eigenvalue weighted by atomic mass is 9.82. The van der Waals surface area contributed by atoms with Gasteiger partial charge in [-0.15, -0.1) is 0 Å². The summed E-state index contributed by atoms with van der Waals surface area (Å²) < 4.78 is 0. The third-order valence-electron chi connectivity index (χ3n) is 4.14. The van der Waals surface area contributed by atoms with Crippen LogP contribution in [-0.2, 0) is 0 Å². The van der Waals surface area contributed by atoms with Crippen LogP contribution in [0.1, 0.15) is 45.3 Å². The highest BCUT2D eigenvalue weighted by Gasteiger charge is 2.29. The first-order valence-corrected chi connectivity index (χ1v) is 7.01. The van der Waals surface area contributed by atoms with Crippen LogP contribution in [0.3, 0.4) is 0 Å². The van der Waals surface area contributed by atoms with E-state index in [-0.39, 0.29) is 10.6 Å². The number of aliphatic hydroxyl groups excluding tert-OH is 1. The zero-order valence-electron chi connectivity index (χ0n) is 12.3. The molecule has 1 aromatic rings. The minimum absolute atomic E-state index is 0.0862. The van der Waals surface area contributed by atoms with E-state index in [0.717, 1.165) is 25.9 Å². The summed E-state index contributed by atoms with van der Waals surface area (Å²) in [5, 5.41) is 20.8. The van der Waals surface area contributed by atoms with Crippen molar-refractivity contribution in [1.29, 1.82) is 0 Å². The van der Waals surface area contributed by atoms with Gasteiger partial charge in [0.15, 0.2) is 0 Å². The zero-order valence-corrected chi connectivity index (χ0v) is 12.3. The van der Waals surface area contributed by atoms with E-state index in [9.17, 15) is 15.2 Å². The summed E-state index contributed by atoms with van der Waals surface area (Å²) in [5.74, 6) is 0. The summed E-state index contributed by atoms with van der Waals surface area (Å²) in [6, 6.07) is 5.02. The van der Waals surface area contributed by atoms with Crippen molar-refractivity contribution < 1.29 is 10.0 Å². The molecule has 20 heavy (non-hydrogen) atoms. The van der Waals surface area contributed by atoms with Crippen molar-refractivity contribution >= 4 is 11.4 Å². The quantitative estimate of drug-likeness (QED) is 0.680. The van der Waals surface area contributed by atoms with Crippen molar-refractivity contribution in [2.24, 2.45) is 5.41 Å². The molecule has 1 atom stereocenters. The van der Waals surface area contributed by atoms with Gasteiger partial charge in [0.05, 0.1) is 11.0 Å². The maximum absolute atomic E-state index is 11.3. The van der Waals surface area contributed by atoms with Gasteiger partial charge in [0.1, 0.15) is 5.69 Å². The molecule has 2 rings (SSSR count). The van der Waals surface area contributed by atoms with Gasteiger partial charge in [-0.1, -0.05) is 19.9 Å². The second-order valence-electron chi connectivity index (χ2n) is 6.33. The van der Waals surface area contributed by atoms with Crippen molar-refractivity contribution in [1.82, 2.24) is 0 Å². The molecule has 1 aliphatic rings. The fourth-order valence-corrected chi connectivity index (χ4v) is 2.57. The van der Waals surface area contributed by atoms with Crippen LogP contribution in [0, 0.1) is 15.5 Å². The van der Waals surface area contributed by atoms with Crippen molar-refractivity contribution in [2.75, 3.05) is 18.0 Å². The topological polar surface area (TPSA) is 66.6 Å². The normalized spacial score (nSPS) is 19.7. The number of nitro groups is 1. The highest BCUT2D eigenvalue weighted by atomic mass is 16.6. The molecule has 1 aromatic carbocycles. The molecule has 0 amide bonds. The summed E-state index contributed by atoms with van der Waals surface area (Å²) in [6.07, 6.45) is 1.37. The summed E-state index contributed by atoms with van der Waals surface area (Å²) >= 11 is 0. The summed E-state index contributed by atoms with van der Waals surface area (Å²) in [5.41, 5.74) is 1.64. The molecule has 0 saturated carbocycles. The first-order chi connectivity index (χ1) is 9.30. The van der Waals surface area contributed by atoms with E-state index in [1.807, 2.05) is 0 Å². The van der Waals surface area contributed by atoms with Gasteiger partial charge < -0.3 is 10.0 Å². The molecule has 5 nitrogen and oxygen atoms in total. The largest absolute Gasteiger partial charge is 0.389 e. The fourth-order valence-electron chi connectivity index (χ4n) is 2.57. The number of rotatable bonds is 3. The van der Waals surface area contributed by atoms with Crippen molar-refractivity contribution in [3.63, 3.8) is 0 Å². The number of anilines is 1. The lowest BCUT2D eigenvalue weighted by Crippen LogP contribution is -2.37. The number of hydrogen-bond donors (Lipinski definition) is 1. The Bertz CT molecular complexity index is 502. The average Bonchev–Trinajstić information content (AvgIpc) is 2.38. The van der Waals surface area contributed by atoms with E-state index in [0.29, 0.717) is 16.7 Å². The van der Waals surface area contributed by atoms with Crippen LogP contribution >= 0.6 is 0 Å². The molecule has 1 N–H and O–H groups in total. The van der Waals surface area contributed by atoms with Gasteiger partial charge in [-0.3, -0.25) is 10.1 Å². The molecule has 0 radical (unpaired) electrons. The first-order valence-electron chi connectivity index (χ1n) is 7.01. The second-order valence-corrected chi connectivity index (χ2v) is 6.33. The smallest absolute Gasteiger partial charge is 0.292 e. The number of nitro benzene ring substituents is 1. The molecule has 1 saturated heterocycles. The Morgan fingerprint density at radius 1 is 1.35 bits per heavy atom. The average molecular weight is 278 g/mol. The van der Waals surface area contributed by atoms with Crippen LogP contribution in [0.5, 0.6) is 0 Å². The minimum Gasteiger partial charge on any atom is -0.389 e. The van der Waals surface area contributed by atoms with Gasteiger partial charge in [0.2, 0.25) is 0 Å². The SMILES string of the molecule is C[C@H](O)c1ccc(N2CCC(C)(C)CC2)c([N+](=O)[O-])c1. The minimum atomic E-state index is -0.692. The summed E-state index contributed by atoms with van der Waals surface area (Å²) in [7, 11) is 0. The van der Waals surface area contributed by atoms with Crippen LogP contribution in [0.15, 0.2) is 18.2 Å². The Labute approximate surface area is 119 Å². The summed E-state index contributed by atoms with van der Waals surface area (Å²) in [6.45, 7) is 7.75. The molecular weight excluding hydrogens is 256 g/mol. The van der Waals surface area contributed by atoms with Gasteiger partial charge >= 0.3 is 0 Å². The molecule has 1 aliphatic heterocycles. The number of piperidine rings is 1. The van der Waals surface area contributed by atoms with Gasteiger partial charge in [0.25, 0.3) is 5.69 Å². The molecular formula is C15H22N2O3. The third-order valence-corrected chi connectivity index (χ3v) is 4.14. The number of nitrogens with zero attached hydrogens (tertiary/aromatic N) is 2. The van der Waals surface area contributed by atoms with E-state index >= 15 is 0 Å². The van der Waals surface area contributed by atoms with Crippen LogP contribution < -0.4 is 4.90 Å². The van der Waals surface area contributed by atoms with E-state index < -0.39 is 6.10 Å². The van der Waals surface area contributed by atoms with Crippen molar-refractivity contribution in [2.45, 2.75) is 39.7 Å². The highest BCUT2D eigenvalue weighted by Crippen LogP contribution is 2.36. The maximum Gasteiger partial charge on any atom is 0.292 e. The first kappa shape index (κ1) is 14.8. The van der Waals surface area contributed by atoms with Gasteiger partial charge in [-0.05, 0) is 36.8 Å². The highest BCUT2D eigenvalue weighted by molar-refractivity contribution is 5.64. The number of benzene rings is 1. The number of aliphatic hydroxyl groups is 1. The van der Waals surface area contributed by atoms with E-state index in [1.165, 1.54) is 6.07 Å². The summed E-state index contributed by atoms with van der Waals surface area (Å²) in [4.78, 5) is 13.0. The van der Waals surface area contributed by atoms with E-state index in [4.69, 9.17) is 0 Å².